The summed E-state index contributed by atoms with van der Waals surface area (Å²) in [5.74, 6) is 0.337. The van der Waals surface area contributed by atoms with Gasteiger partial charge < -0.3 is 9.84 Å². The average Bonchev–Trinajstić information content (AvgIpc) is 3.26. The SMILES string of the molecule is OC[C@]12CCOC[C@H]1CN(Cc1csc(-c3ccc(C(F)(F)F)cc3)n1)C2. The quantitative estimate of drug-likeness (QED) is 0.854. The number of aliphatic hydroxyl groups excluding tert-OH is 1. The van der Waals surface area contributed by atoms with E-state index in [0.717, 1.165) is 42.3 Å². The molecule has 146 valence electrons. The number of ether oxygens (including phenoxy) is 1. The van der Waals surface area contributed by atoms with Crippen molar-refractivity contribution in [2.75, 3.05) is 32.9 Å². The summed E-state index contributed by atoms with van der Waals surface area (Å²) < 4.78 is 43.7. The van der Waals surface area contributed by atoms with E-state index < -0.39 is 11.7 Å². The van der Waals surface area contributed by atoms with Gasteiger partial charge in [0, 0.05) is 48.5 Å². The van der Waals surface area contributed by atoms with Gasteiger partial charge in [-0.05, 0) is 18.6 Å². The monoisotopic (exact) mass is 398 g/mol. The van der Waals surface area contributed by atoms with E-state index in [-0.39, 0.29) is 12.0 Å². The molecule has 8 heteroatoms. The molecule has 2 atom stereocenters. The van der Waals surface area contributed by atoms with Crippen LogP contribution in [-0.4, -0.2) is 47.9 Å². The van der Waals surface area contributed by atoms with Gasteiger partial charge in [0.1, 0.15) is 5.01 Å². The topological polar surface area (TPSA) is 45.6 Å². The molecule has 1 aromatic heterocycles. The van der Waals surface area contributed by atoms with Crippen LogP contribution in [0.1, 0.15) is 17.7 Å². The maximum Gasteiger partial charge on any atom is 0.416 e. The number of rotatable bonds is 4. The van der Waals surface area contributed by atoms with E-state index in [1.165, 1.54) is 23.5 Å². The fourth-order valence-corrected chi connectivity index (χ4v) is 4.90. The molecule has 2 aliphatic rings. The van der Waals surface area contributed by atoms with Crippen LogP contribution in [0.5, 0.6) is 0 Å². The van der Waals surface area contributed by atoms with Gasteiger partial charge in [0.2, 0.25) is 0 Å². The molecule has 2 aromatic rings. The van der Waals surface area contributed by atoms with Crippen molar-refractivity contribution in [1.82, 2.24) is 9.88 Å². The van der Waals surface area contributed by atoms with Crippen molar-refractivity contribution in [2.45, 2.75) is 19.1 Å². The van der Waals surface area contributed by atoms with Gasteiger partial charge in [-0.2, -0.15) is 13.2 Å². The predicted octanol–water partition coefficient (Wildman–Crippen LogP) is 3.66. The standard InChI is InChI=1S/C19H21F3N2O2S/c20-19(21,22)14-3-1-13(2-4-14)17-23-16(10-27-17)8-24-7-15-9-26-6-5-18(15,11-24)12-25/h1-4,10,15,25H,5-9,11-12H2/t15-,18-/m1/s1. The van der Waals surface area contributed by atoms with Crippen LogP contribution >= 0.6 is 11.3 Å². The van der Waals surface area contributed by atoms with Crippen molar-refractivity contribution in [3.63, 3.8) is 0 Å². The second kappa shape index (κ2) is 7.16. The van der Waals surface area contributed by atoms with Gasteiger partial charge in [0.25, 0.3) is 0 Å². The van der Waals surface area contributed by atoms with Crippen LogP contribution < -0.4 is 0 Å². The highest BCUT2D eigenvalue weighted by atomic mass is 32.1. The second-order valence-corrected chi connectivity index (χ2v) is 8.29. The molecule has 0 saturated carbocycles. The van der Waals surface area contributed by atoms with Gasteiger partial charge in [-0.3, -0.25) is 4.90 Å². The number of benzene rings is 1. The van der Waals surface area contributed by atoms with Crippen LogP contribution in [-0.2, 0) is 17.5 Å². The van der Waals surface area contributed by atoms with E-state index in [4.69, 9.17) is 4.74 Å². The highest BCUT2D eigenvalue weighted by Gasteiger charge is 2.47. The summed E-state index contributed by atoms with van der Waals surface area (Å²) in [5.41, 5.74) is 0.862. The number of alkyl halides is 3. The second-order valence-electron chi connectivity index (χ2n) is 7.43. The molecule has 0 unspecified atom stereocenters. The Morgan fingerprint density at radius 3 is 2.74 bits per heavy atom. The van der Waals surface area contributed by atoms with Crippen LogP contribution in [0.3, 0.4) is 0 Å². The van der Waals surface area contributed by atoms with Crippen molar-refractivity contribution in [3.8, 4) is 10.6 Å². The molecule has 3 heterocycles. The summed E-state index contributed by atoms with van der Waals surface area (Å²) >= 11 is 1.44. The Kier molecular flexibility index (Phi) is 5.00. The predicted molar refractivity (Wildman–Crippen MR) is 96.3 cm³/mol. The Bertz CT molecular complexity index is 793. The van der Waals surface area contributed by atoms with Crippen molar-refractivity contribution >= 4 is 11.3 Å². The Labute approximate surface area is 159 Å². The summed E-state index contributed by atoms with van der Waals surface area (Å²) in [4.78, 5) is 6.90. The van der Waals surface area contributed by atoms with E-state index in [1.807, 2.05) is 5.38 Å². The molecule has 0 aliphatic carbocycles. The van der Waals surface area contributed by atoms with Gasteiger partial charge >= 0.3 is 6.18 Å². The van der Waals surface area contributed by atoms with E-state index in [1.54, 1.807) is 0 Å². The van der Waals surface area contributed by atoms with Crippen LogP contribution in [0.15, 0.2) is 29.6 Å². The number of nitrogens with zero attached hydrogens (tertiary/aromatic N) is 2. The molecule has 1 N–H and O–H groups in total. The minimum atomic E-state index is -4.33. The molecule has 0 spiro atoms. The normalized spacial score (nSPS) is 26.3. The number of halogens is 3. The first-order chi connectivity index (χ1) is 12.9. The number of hydrogen-bond acceptors (Lipinski definition) is 5. The number of likely N-dealkylation sites (tertiary alicyclic amines) is 1. The molecule has 2 aliphatic heterocycles. The van der Waals surface area contributed by atoms with Gasteiger partial charge in [0.05, 0.1) is 24.5 Å². The van der Waals surface area contributed by atoms with Crippen molar-refractivity contribution in [1.29, 1.82) is 0 Å². The minimum Gasteiger partial charge on any atom is -0.396 e. The minimum absolute atomic E-state index is 0.0788. The highest BCUT2D eigenvalue weighted by molar-refractivity contribution is 7.13. The van der Waals surface area contributed by atoms with Gasteiger partial charge in [-0.15, -0.1) is 11.3 Å². The lowest BCUT2D eigenvalue weighted by atomic mass is 9.75. The molecule has 1 aromatic carbocycles. The Morgan fingerprint density at radius 1 is 1.30 bits per heavy atom. The van der Waals surface area contributed by atoms with Gasteiger partial charge in [0.15, 0.2) is 0 Å². The molecule has 2 fully saturated rings. The molecular formula is C19H21F3N2O2S. The maximum atomic E-state index is 12.7. The first kappa shape index (κ1) is 18.9. The third-order valence-corrected chi connectivity index (χ3v) is 6.60. The summed E-state index contributed by atoms with van der Waals surface area (Å²) in [6, 6.07) is 5.11. The lowest BCUT2D eigenvalue weighted by Crippen LogP contribution is -2.41. The third-order valence-electron chi connectivity index (χ3n) is 5.66. The maximum absolute atomic E-state index is 12.7. The zero-order valence-corrected chi connectivity index (χ0v) is 15.5. The number of hydrogen-bond donors (Lipinski definition) is 1. The Morgan fingerprint density at radius 2 is 2.07 bits per heavy atom. The summed E-state index contributed by atoms with van der Waals surface area (Å²) in [5, 5.41) is 12.6. The lowest BCUT2D eigenvalue weighted by Gasteiger charge is -2.36. The van der Waals surface area contributed by atoms with Crippen LogP contribution in [0, 0.1) is 11.3 Å². The molecule has 4 rings (SSSR count). The summed E-state index contributed by atoms with van der Waals surface area (Å²) in [6.07, 6.45) is -3.45. The molecule has 27 heavy (non-hydrogen) atoms. The van der Waals surface area contributed by atoms with Crippen molar-refractivity contribution < 1.29 is 23.0 Å². The fraction of sp³-hybridized carbons (Fsp3) is 0.526. The van der Waals surface area contributed by atoms with E-state index in [2.05, 4.69) is 9.88 Å². The smallest absolute Gasteiger partial charge is 0.396 e. The van der Waals surface area contributed by atoms with Crippen molar-refractivity contribution in [3.05, 3.63) is 40.9 Å². The van der Waals surface area contributed by atoms with E-state index in [0.29, 0.717) is 31.2 Å². The molecule has 0 amide bonds. The molecule has 4 nitrogen and oxygen atoms in total. The Hall–Kier alpha value is -1.48. The zero-order valence-electron chi connectivity index (χ0n) is 14.7. The summed E-state index contributed by atoms with van der Waals surface area (Å²) in [6.45, 7) is 3.92. The fourth-order valence-electron chi connectivity index (χ4n) is 4.08. The number of thiazole rings is 1. The van der Waals surface area contributed by atoms with Gasteiger partial charge in [-0.25, -0.2) is 4.98 Å². The first-order valence-electron chi connectivity index (χ1n) is 8.93. The van der Waals surface area contributed by atoms with Gasteiger partial charge in [-0.1, -0.05) is 12.1 Å². The third kappa shape index (κ3) is 3.76. The van der Waals surface area contributed by atoms with Crippen molar-refractivity contribution in [2.24, 2.45) is 11.3 Å². The van der Waals surface area contributed by atoms with E-state index in [9.17, 15) is 18.3 Å². The Balaban J connectivity index is 1.44. The largest absolute Gasteiger partial charge is 0.416 e. The number of aliphatic hydroxyl groups is 1. The molecule has 0 radical (unpaired) electrons. The van der Waals surface area contributed by atoms with Crippen LogP contribution in [0.25, 0.3) is 10.6 Å². The summed E-state index contributed by atoms with van der Waals surface area (Å²) in [7, 11) is 0. The molecule has 0 bridgehead atoms. The first-order valence-corrected chi connectivity index (χ1v) is 9.81. The molecular weight excluding hydrogens is 377 g/mol. The number of aromatic nitrogens is 1. The van der Waals surface area contributed by atoms with E-state index >= 15 is 0 Å². The lowest BCUT2D eigenvalue weighted by molar-refractivity contribution is -0.137. The zero-order chi connectivity index (χ0) is 19.1. The number of fused-ring (bicyclic) bond motifs is 1. The molecule has 2 saturated heterocycles. The van der Waals surface area contributed by atoms with Crippen LogP contribution in [0.4, 0.5) is 13.2 Å². The van der Waals surface area contributed by atoms with Crippen LogP contribution in [0.2, 0.25) is 0 Å². The average molecular weight is 398 g/mol. The highest BCUT2D eigenvalue weighted by Crippen LogP contribution is 2.42.